The molecule has 2 nitrogen and oxygen atoms in total. The molecule has 0 aromatic carbocycles. The Kier molecular flexibility index (Phi) is 2.40. The fourth-order valence-corrected chi connectivity index (χ4v) is 1.39. The van der Waals surface area contributed by atoms with E-state index < -0.39 is 0 Å². The van der Waals surface area contributed by atoms with Crippen molar-refractivity contribution < 1.29 is 0 Å². The molecule has 1 rings (SSSR count). The number of nitrogens with two attached hydrogens (primary N) is 1. The minimum absolute atomic E-state index is 0.571. The average Bonchev–Trinajstić information content (AvgIpc) is 1.85. The van der Waals surface area contributed by atoms with Gasteiger partial charge in [0.2, 0.25) is 0 Å². The first-order valence-electron chi connectivity index (χ1n) is 3.05. The van der Waals surface area contributed by atoms with Crippen LogP contribution in [0.15, 0.2) is 16.7 Å². The summed E-state index contributed by atoms with van der Waals surface area (Å²) in [6.07, 6.45) is 0. The summed E-state index contributed by atoms with van der Waals surface area (Å²) in [5.74, 6) is 0. The Balaban J connectivity index is 3.06. The lowest BCUT2D eigenvalue weighted by Gasteiger charge is -1.98. The van der Waals surface area contributed by atoms with E-state index in [1.807, 2.05) is 19.1 Å². The van der Waals surface area contributed by atoms with Gasteiger partial charge in [-0.15, -0.1) is 0 Å². The molecular weight excluding hydrogens is 192 g/mol. The van der Waals surface area contributed by atoms with Gasteiger partial charge in [0.05, 0.1) is 0 Å². The maximum atomic E-state index is 5.44. The molecule has 1 aromatic rings. The monoisotopic (exact) mass is 200 g/mol. The van der Waals surface area contributed by atoms with E-state index in [9.17, 15) is 0 Å². The van der Waals surface area contributed by atoms with Gasteiger partial charge in [-0.3, -0.25) is 0 Å². The van der Waals surface area contributed by atoms with Crippen molar-refractivity contribution in [3.8, 4) is 0 Å². The molecule has 0 saturated heterocycles. The number of halogens is 1. The smallest absolute Gasteiger partial charge is 0.106 e. The molecule has 2 N–H and O–H groups in total. The van der Waals surface area contributed by atoms with Crippen LogP contribution >= 0.6 is 15.9 Å². The lowest BCUT2D eigenvalue weighted by molar-refractivity contribution is 1.03. The third kappa shape index (κ3) is 1.78. The summed E-state index contributed by atoms with van der Waals surface area (Å²) in [4.78, 5) is 4.14. The third-order valence-corrected chi connectivity index (χ3v) is 1.62. The van der Waals surface area contributed by atoms with E-state index in [1.54, 1.807) is 0 Å². The van der Waals surface area contributed by atoms with Gasteiger partial charge in [0, 0.05) is 12.2 Å². The quantitative estimate of drug-likeness (QED) is 0.701. The highest BCUT2D eigenvalue weighted by Crippen LogP contribution is 2.09. The van der Waals surface area contributed by atoms with Gasteiger partial charge < -0.3 is 5.73 Å². The van der Waals surface area contributed by atoms with Gasteiger partial charge in [0.15, 0.2) is 0 Å². The molecule has 0 atom stereocenters. The second-order valence-electron chi connectivity index (χ2n) is 2.14. The van der Waals surface area contributed by atoms with Crippen molar-refractivity contribution in [3.63, 3.8) is 0 Å². The first-order valence-corrected chi connectivity index (χ1v) is 3.85. The Labute approximate surface area is 68.6 Å². The summed E-state index contributed by atoms with van der Waals surface area (Å²) in [5.41, 5.74) is 7.54. The largest absolute Gasteiger partial charge is 0.326 e. The summed E-state index contributed by atoms with van der Waals surface area (Å²) in [6, 6.07) is 3.90. The number of rotatable bonds is 1. The van der Waals surface area contributed by atoms with Crippen LogP contribution in [0, 0.1) is 6.92 Å². The predicted molar refractivity (Wildman–Crippen MR) is 44.6 cm³/mol. The van der Waals surface area contributed by atoms with Crippen molar-refractivity contribution in [2.75, 3.05) is 0 Å². The van der Waals surface area contributed by atoms with Crippen molar-refractivity contribution in [1.29, 1.82) is 0 Å². The van der Waals surface area contributed by atoms with Gasteiger partial charge in [0.25, 0.3) is 0 Å². The molecule has 0 radical (unpaired) electrons. The van der Waals surface area contributed by atoms with E-state index in [1.165, 1.54) is 0 Å². The van der Waals surface area contributed by atoms with Crippen molar-refractivity contribution in [2.24, 2.45) is 5.73 Å². The summed E-state index contributed by atoms with van der Waals surface area (Å²) in [7, 11) is 0. The van der Waals surface area contributed by atoms with Crippen LogP contribution in [0.4, 0.5) is 0 Å². The van der Waals surface area contributed by atoms with Gasteiger partial charge >= 0.3 is 0 Å². The summed E-state index contributed by atoms with van der Waals surface area (Å²) < 4.78 is 0.855. The molecule has 0 saturated carbocycles. The normalized spacial score (nSPS) is 9.90. The first kappa shape index (κ1) is 7.69. The number of aromatic nitrogens is 1. The van der Waals surface area contributed by atoms with Crippen LogP contribution in [0.1, 0.15) is 11.3 Å². The number of hydrogen-bond acceptors (Lipinski definition) is 2. The van der Waals surface area contributed by atoms with Crippen LogP contribution in [0.3, 0.4) is 0 Å². The summed E-state index contributed by atoms with van der Waals surface area (Å²) in [6.45, 7) is 2.52. The average molecular weight is 201 g/mol. The van der Waals surface area contributed by atoms with E-state index in [-0.39, 0.29) is 0 Å². The summed E-state index contributed by atoms with van der Waals surface area (Å²) >= 11 is 3.29. The van der Waals surface area contributed by atoms with Crippen LogP contribution in [0.2, 0.25) is 0 Å². The Hall–Kier alpha value is -0.410. The SMILES string of the molecule is Cc1cc(CN)cc(Br)n1. The molecular formula is C7H9BrN2. The fourth-order valence-electron chi connectivity index (χ4n) is 0.814. The molecule has 0 fully saturated rings. The number of hydrogen-bond donors (Lipinski definition) is 1. The molecule has 1 aromatic heterocycles. The van der Waals surface area contributed by atoms with Crippen molar-refractivity contribution in [3.05, 3.63) is 28.0 Å². The minimum atomic E-state index is 0.571. The van der Waals surface area contributed by atoms with E-state index >= 15 is 0 Å². The Morgan fingerprint density at radius 3 is 2.80 bits per heavy atom. The van der Waals surface area contributed by atoms with Crippen LogP contribution in [0.25, 0.3) is 0 Å². The third-order valence-electron chi connectivity index (χ3n) is 1.22. The zero-order valence-electron chi connectivity index (χ0n) is 5.76. The van der Waals surface area contributed by atoms with Crippen LogP contribution in [0.5, 0.6) is 0 Å². The van der Waals surface area contributed by atoms with E-state index in [2.05, 4.69) is 20.9 Å². The number of pyridine rings is 1. The van der Waals surface area contributed by atoms with Crippen molar-refractivity contribution in [2.45, 2.75) is 13.5 Å². The molecule has 54 valence electrons. The molecule has 0 aliphatic heterocycles. The molecule has 0 spiro atoms. The first-order chi connectivity index (χ1) is 4.72. The van der Waals surface area contributed by atoms with Crippen molar-refractivity contribution >= 4 is 15.9 Å². The number of nitrogens with zero attached hydrogens (tertiary/aromatic N) is 1. The van der Waals surface area contributed by atoms with E-state index in [0.717, 1.165) is 15.9 Å². The standard InChI is InChI=1S/C7H9BrN2/c1-5-2-6(4-9)3-7(8)10-5/h2-3H,4,9H2,1H3. The number of aryl methyl sites for hydroxylation is 1. The lowest BCUT2D eigenvalue weighted by Crippen LogP contribution is -1.97. The topological polar surface area (TPSA) is 38.9 Å². The van der Waals surface area contributed by atoms with Gasteiger partial charge in [-0.25, -0.2) is 4.98 Å². The van der Waals surface area contributed by atoms with Gasteiger partial charge in [0.1, 0.15) is 4.60 Å². The van der Waals surface area contributed by atoms with Crippen molar-refractivity contribution in [1.82, 2.24) is 4.98 Å². The maximum absolute atomic E-state index is 5.44. The van der Waals surface area contributed by atoms with Gasteiger partial charge in [-0.2, -0.15) is 0 Å². The molecule has 3 heteroatoms. The molecule has 1 heterocycles. The van der Waals surface area contributed by atoms with Crippen LogP contribution in [-0.2, 0) is 6.54 Å². The second kappa shape index (κ2) is 3.12. The van der Waals surface area contributed by atoms with Gasteiger partial charge in [-0.1, -0.05) is 0 Å². The van der Waals surface area contributed by atoms with Gasteiger partial charge in [-0.05, 0) is 40.5 Å². The maximum Gasteiger partial charge on any atom is 0.106 e. The lowest BCUT2D eigenvalue weighted by atomic mass is 10.2. The fraction of sp³-hybridized carbons (Fsp3) is 0.286. The molecule has 0 bridgehead atoms. The highest BCUT2D eigenvalue weighted by molar-refractivity contribution is 9.10. The Bertz CT molecular complexity index is 215. The minimum Gasteiger partial charge on any atom is -0.326 e. The molecule has 0 unspecified atom stereocenters. The highest BCUT2D eigenvalue weighted by Gasteiger charge is 1.93. The van der Waals surface area contributed by atoms with E-state index in [0.29, 0.717) is 6.54 Å². The highest BCUT2D eigenvalue weighted by atomic mass is 79.9. The summed E-state index contributed by atoms with van der Waals surface area (Å²) in [5, 5.41) is 0. The van der Waals surface area contributed by atoms with E-state index in [4.69, 9.17) is 5.73 Å². The predicted octanol–water partition coefficient (Wildman–Crippen LogP) is 1.61. The zero-order chi connectivity index (χ0) is 7.56. The second-order valence-corrected chi connectivity index (χ2v) is 2.96. The Morgan fingerprint density at radius 2 is 2.30 bits per heavy atom. The molecule has 0 amide bonds. The molecule has 0 aliphatic carbocycles. The van der Waals surface area contributed by atoms with Crippen LogP contribution < -0.4 is 5.73 Å². The zero-order valence-corrected chi connectivity index (χ0v) is 7.35. The molecule has 0 aliphatic rings. The Morgan fingerprint density at radius 1 is 1.60 bits per heavy atom. The molecule has 10 heavy (non-hydrogen) atoms. The van der Waals surface area contributed by atoms with Crippen LogP contribution in [-0.4, -0.2) is 4.98 Å².